The fourth-order valence-electron chi connectivity index (χ4n) is 2.91. The molecule has 0 aromatic heterocycles. The third-order valence-electron chi connectivity index (χ3n) is 3.60. The second kappa shape index (κ2) is 5.10. The van der Waals surface area contributed by atoms with Crippen molar-refractivity contribution in [2.45, 2.75) is 37.8 Å². The zero-order valence-corrected chi connectivity index (χ0v) is 9.26. The average Bonchev–Trinajstić information content (AvgIpc) is 2.68. The molecule has 82 valence electrons. The molecule has 0 aromatic rings. The third kappa shape index (κ3) is 2.27. The quantitative estimate of drug-likeness (QED) is 0.687. The van der Waals surface area contributed by atoms with Crippen LogP contribution in [0.15, 0.2) is 0 Å². The topological polar surface area (TPSA) is 27.3 Å². The second-order valence-corrected chi connectivity index (χ2v) is 4.59. The average molecular weight is 197 g/mol. The maximum Gasteiger partial charge on any atom is 0.0224 e. The summed E-state index contributed by atoms with van der Waals surface area (Å²) in [5.41, 5.74) is 0. The summed E-state index contributed by atoms with van der Waals surface area (Å²) in [6, 6.07) is 1.61. The van der Waals surface area contributed by atoms with Gasteiger partial charge in [0.1, 0.15) is 0 Å². The van der Waals surface area contributed by atoms with Crippen LogP contribution in [-0.2, 0) is 0 Å². The summed E-state index contributed by atoms with van der Waals surface area (Å²) in [7, 11) is 2.07. The maximum atomic E-state index is 3.51. The van der Waals surface area contributed by atoms with Crippen molar-refractivity contribution in [3.05, 3.63) is 0 Å². The Morgan fingerprint density at radius 3 is 3.00 bits per heavy atom. The van der Waals surface area contributed by atoms with Crippen LogP contribution in [-0.4, -0.2) is 50.2 Å². The predicted molar refractivity (Wildman–Crippen MR) is 59.5 cm³/mol. The largest absolute Gasteiger partial charge is 0.318 e. The van der Waals surface area contributed by atoms with Gasteiger partial charge in [-0.1, -0.05) is 0 Å². The first kappa shape index (κ1) is 10.4. The van der Waals surface area contributed by atoms with Crippen LogP contribution in [0, 0.1) is 0 Å². The van der Waals surface area contributed by atoms with E-state index in [4.69, 9.17) is 0 Å². The van der Waals surface area contributed by atoms with Gasteiger partial charge < -0.3 is 10.6 Å². The van der Waals surface area contributed by atoms with E-state index >= 15 is 0 Å². The Hall–Kier alpha value is -0.120. The molecule has 14 heavy (non-hydrogen) atoms. The predicted octanol–water partition coefficient (Wildman–Crippen LogP) is 0.422. The molecule has 2 N–H and O–H groups in total. The molecular weight excluding hydrogens is 174 g/mol. The minimum atomic E-state index is 0.796. The molecule has 2 heterocycles. The van der Waals surface area contributed by atoms with Crippen molar-refractivity contribution in [2.75, 3.05) is 33.2 Å². The van der Waals surface area contributed by atoms with Gasteiger partial charge in [-0.05, 0) is 45.8 Å². The Kier molecular flexibility index (Phi) is 3.79. The van der Waals surface area contributed by atoms with Gasteiger partial charge in [-0.25, -0.2) is 0 Å². The van der Waals surface area contributed by atoms with Crippen LogP contribution in [0.2, 0.25) is 0 Å². The van der Waals surface area contributed by atoms with Crippen LogP contribution in [0.5, 0.6) is 0 Å². The normalized spacial score (nSPS) is 34.9. The van der Waals surface area contributed by atoms with Crippen LogP contribution < -0.4 is 10.6 Å². The van der Waals surface area contributed by atoms with E-state index in [1.165, 1.54) is 45.3 Å². The Balaban J connectivity index is 1.87. The van der Waals surface area contributed by atoms with Crippen molar-refractivity contribution in [3.8, 4) is 0 Å². The number of hydrogen-bond donors (Lipinski definition) is 2. The summed E-state index contributed by atoms with van der Waals surface area (Å²) in [5.74, 6) is 0. The summed E-state index contributed by atoms with van der Waals surface area (Å²) in [5, 5.41) is 6.83. The van der Waals surface area contributed by atoms with Gasteiger partial charge in [0.15, 0.2) is 0 Å². The van der Waals surface area contributed by atoms with Gasteiger partial charge in [0.05, 0.1) is 0 Å². The first-order valence-electron chi connectivity index (χ1n) is 6.03. The summed E-state index contributed by atoms with van der Waals surface area (Å²) < 4.78 is 0. The highest BCUT2D eigenvalue weighted by Gasteiger charge is 2.30. The Morgan fingerprint density at radius 2 is 2.29 bits per heavy atom. The lowest BCUT2D eigenvalue weighted by Gasteiger charge is -2.35. The standard InChI is InChI=1S/C11H23N3/c1-12-8-10-5-3-7-14(10)11-4-2-6-13-9-11/h10-13H,2-9H2,1H3. The maximum absolute atomic E-state index is 3.51. The lowest BCUT2D eigenvalue weighted by atomic mass is 10.0. The molecule has 0 bridgehead atoms. The van der Waals surface area contributed by atoms with Gasteiger partial charge in [0.2, 0.25) is 0 Å². The molecule has 0 aliphatic carbocycles. The molecule has 0 aromatic carbocycles. The molecule has 2 rings (SSSR count). The summed E-state index contributed by atoms with van der Waals surface area (Å²) >= 11 is 0. The Morgan fingerprint density at radius 1 is 1.36 bits per heavy atom. The van der Waals surface area contributed by atoms with E-state index in [1.807, 2.05) is 0 Å². The molecule has 2 aliphatic rings. The summed E-state index contributed by atoms with van der Waals surface area (Å²) in [6.07, 6.45) is 5.53. The zero-order chi connectivity index (χ0) is 9.80. The van der Waals surface area contributed by atoms with Crippen molar-refractivity contribution in [1.82, 2.24) is 15.5 Å². The molecule has 0 amide bonds. The molecule has 0 radical (unpaired) electrons. The van der Waals surface area contributed by atoms with Crippen molar-refractivity contribution < 1.29 is 0 Å². The first-order valence-corrected chi connectivity index (χ1v) is 6.03. The van der Waals surface area contributed by atoms with Crippen LogP contribution in [0.4, 0.5) is 0 Å². The van der Waals surface area contributed by atoms with E-state index in [9.17, 15) is 0 Å². The van der Waals surface area contributed by atoms with E-state index < -0.39 is 0 Å². The molecule has 2 fully saturated rings. The summed E-state index contributed by atoms with van der Waals surface area (Å²) in [4.78, 5) is 2.72. The lowest BCUT2D eigenvalue weighted by molar-refractivity contribution is 0.151. The molecule has 2 aliphatic heterocycles. The second-order valence-electron chi connectivity index (χ2n) is 4.59. The number of likely N-dealkylation sites (tertiary alicyclic amines) is 1. The minimum absolute atomic E-state index is 0.796. The van der Waals surface area contributed by atoms with Gasteiger partial charge in [-0.15, -0.1) is 0 Å². The van der Waals surface area contributed by atoms with E-state index in [-0.39, 0.29) is 0 Å². The fraction of sp³-hybridized carbons (Fsp3) is 1.00. The number of likely N-dealkylation sites (N-methyl/N-ethyl adjacent to an activating group) is 1. The molecule has 3 nitrogen and oxygen atoms in total. The number of rotatable bonds is 3. The number of piperidine rings is 1. The Bertz CT molecular complexity index is 166. The SMILES string of the molecule is CNCC1CCCN1C1CCCNC1. The number of nitrogens with zero attached hydrogens (tertiary/aromatic N) is 1. The van der Waals surface area contributed by atoms with Crippen LogP contribution in [0.3, 0.4) is 0 Å². The van der Waals surface area contributed by atoms with Crippen molar-refractivity contribution in [3.63, 3.8) is 0 Å². The van der Waals surface area contributed by atoms with E-state index in [1.54, 1.807) is 0 Å². The first-order chi connectivity index (χ1) is 6.92. The van der Waals surface area contributed by atoms with Gasteiger partial charge in [0, 0.05) is 25.2 Å². The highest BCUT2D eigenvalue weighted by Crippen LogP contribution is 2.22. The van der Waals surface area contributed by atoms with E-state index in [2.05, 4.69) is 22.6 Å². The number of hydrogen-bond acceptors (Lipinski definition) is 3. The lowest BCUT2D eigenvalue weighted by Crippen LogP contribution is -2.50. The smallest absolute Gasteiger partial charge is 0.0224 e. The fourth-order valence-corrected chi connectivity index (χ4v) is 2.91. The highest BCUT2D eigenvalue weighted by atomic mass is 15.2. The van der Waals surface area contributed by atoms with E-state index in [0.29, 0.717) is 0 Å². The van der Waals surface area contributed by atoms with Gasteiger partial charge in [-0.2, -0.15) is 0 Å². The summed E-state index contributed by atoms with van der Waals surface area (Å²) in [6.45, 7) is 4.91. The van der Waals surface area contributed by atoms with Crippen LogP contribution in [0.1, 0.15) is 25.7 Å². The minimum Gasteiger partial charge on any atom is -0.318 e. The van der Waals surface area contributed by atoms with E-state index in [0.717, 1.165) is 18.6 Å². The molecule has 0 saturated carbocycles. The van der Waals surface area contributed by atoms with Crippen molar-refractivity contribution >= 4 is 0 Å². The monoisotopic (exact) mass is 197 g/mol. The Labute approximate surface area is 87.2 Å². The molecule has 0 spiro atoms. The van der Waals surface area contributed by atoms with Crippen molar-refractivity contribution in [2.24, 2.45) is 0 Å². The molecule has 2 saturated heterocycles. The molecule has 3 heteroatoms. The number of nitrogens with one attached hydrogen (secondary N) is 2. The van der Waals surface area contributed by atoms with Gasteiger partial charge in [-0.3, -0.25) is 4.90 Å². The highest BCUT2D eigenvalue weighted by molar-refractivity contribution is 4.88. The van der Waals surface area contributed by atoms with Crippen LogP contribution in [0.25, 0.3) is 0 Å². The molecular formula is C11H23N3. The van der Waals surface area contributed by atoms with Crippen molar-refractivity contribution in [1.29, 1.82) is 0 Å². The van der Waals surface area contributed by atoms with Gasteiger partial charge in [0.25, 0.3) is 0 Å². The van der Waals surface area contributed by atoms with Crippen LogP contribution >= 0.6 is 0 Å². The molecule has 2 unspecified atom stereocenters. The van der Waals surface area contributed by atoms with Gasteiger partial charge >= 0.3 is 0 Å². The molecule has 2 atom stereocenters. The zero-order valence-electron chi connectivity index (χ0n) is 9.26. The third-order valence-corrected chi connectivity index (χ3v) is 3.60.